The number of esters is 1. The molecule has 2 aromatic carbocycles. The minimum Gasteiger partial charge on any atom is -0.463 e. The van der Waals surface area contributed by atoms with Gasteiger partial charge >= 0.3 is 12.0 Å². The van der Waals surface area contributed by atoms with Crippen molar-refractivity contribution in [3.8, 4) is 0 Å². The number of anilines is 1. The molecule has 33 heavy (non-hydrogen) atoms. The molecule has 0 saturated heterocycles. The molecule has 2 aromatic rings. The predicted octanol–water partition coefficient (Wildman–Crippen LogP) is 4.49. The summed E-state index contributed by atoms with van der Waals surface area (Å²) in [7, 11) is 0. The van der Waals surface area contributed by atoms with Crippen LogP contribution in [0.3, 0.4) is 0 Å². The maximum absolute atomic E-state index is 13.3. The molecule has 1 saturated carbocycles. The zero-order chi connectivity index (χ0) is 23.4. The molecule has 4 rings (SSSR count). The molecule has 0 spiro atoms. The van der Waals surface area contributed by atoms with Crippen molar-refractivity contribution in [3.63, 3.8) is 0 Å². The van der Waals surface area contributed by atoms with E-state index in [9.17, 15) is 14.4 Å². The first-order valence-corrected chi connectivity index (χ1v) is 11.5. The van der Waals surface area contributed by atoms with E-state index in [1.165, 1.54) is 0 Å². The van der Waals surface area contributed by atoms with E-state index in [4.69, 9.17) is 4.74 Å². The second kappa shape index (κ2) is 9.90. The molecule has 0 bridgehead atoms. The molecule has 7 heteroatoms. The quantitative estimate of drug-likeness (QED) is 0.584. The van der Waals surface area contributed by atoms with Gasteiger partial charge in [0.2, 0.25) is 5.91 Å². The fraction of sp³-hybridized carbons (Fsp3) is 0.346. The molecule has 1 aliphatic carbocycles. The van der Waals surface area contributed by atoms with Crippen LogP contribution in [0, 0.1) is 5.92 Å². The molecular weight excluding hydrogens is 418 g/mol. The zero-order valence-electron chi connectivity index (χ0n) is 19.0. The number of ether oxygens (including phenoxy) is 1. The smallest absolute Gasteiger partial charge is 0.338 e. The van der Waals surface area contributed by atoms with E-state index >= 15 is 0 Å². The summed E-state index contributed by atoms with van der Waals surface area (Å²) in [6, 6.07) is 15.7. The van der Waals surface area contributed by atoms with Crippen LogP contribution in [0.1, 0.15) is 50.3 Å². The van der Waals surface area contributed by atoms with Crippen molar-refractivity contribution in [2.24, 2.45) is 5.92 Å². The number of rotatable bonds is 8. The number of carbonyl (C=O) groups excluding carboxylic acids is 3. The van der Waals surface area contributed by atoms with Gasteiger partial charge in [-0.1, -0.05) is 49.4 Å². The van der Waals surface area contributed by atoms with Gasteiger partial charge in [0.1, 0.15) is 0 Å². The standard InChI is InChI=1S/C26H29N3O4/c1-3-15-29-23(17-9-6-5-7-10-17)21(25(31)33-4-2)22(28-26(29)32)19-11-8-12-20(16-19)27-24(30)18-13-14-18/h5-12,16,18,22H,3-4,13-15H2,1-2H3,(H,27,30)(H,28,32). The molecule has 7 nitrogen and oxygen atoms in total. The van der Waals surface area contributed by atoms with E-state index < -0.39 is 12.0 Å². The Bertz CT molecular complexity index is 1080. The number of nitrogens with zero attached hydrogens (tertiary/aromatic N) is 1. The SMILES string of the molecule is CCCN1C(=O)NC(c2cccc(NC(=O)C3CC3)c2)C(C(=O)OCC)=C1c1ccccc1. The summed E-state index contributed by atoms with van der Waals surface area (Å²) in [5.74, 6) is -0.403. The lowest BCUT2D eigenvalue weighted by molar-refractivity contribution is -0.139. The lowest BCUT2D eigenvalue weighted by atomic mass is 9.91. The van der Waals surface area contributed by atoms with Crippen LogP contribution in [0.25, 0.3) is 5.70 Å². The summed E-state index contributed by atoms with van der Waals surface area (Å²) in [5.41, 5.74) is 3.04. The van der Waals surface area contributed by atoms with Crippen molar-refractivity contribution >= 4 is 29.3 Å². The molecule has 172 valence electrons. The predicted molar refractivity (Wildman–Crippen MR) is 126 cm³/mol. The van der Waals surface area contributed by atoms with Crippen molar-refractivity contribution in [1.82, 2.24) is 10.2 Å². The first kappa shape index (κ1) is 22.6. The molecule has 2 aliphatic rings. The summed E-state index contributed by atoms with van der Waals surface area (Å²) in [4.78, 5) is 40.3. The van der Waals surface area contributed by atoms with Crippen molar-refractivity contribution < 1.29 is 19.1 Å². The molecule has 1 heterocycles. The van der Waals surface area contributed by atoms with Crippen LogP contribution in [0.2, 0.25) is 0 Å². The second-order valence-corrected chi connectivity index (χ2v) is 8.27. The van der Waals surface area contributed by atoms with Crippen LogP contribution >= 0.6 is 0 Å². The normalized spacial score (nSPS) is 18.1. The lowest BCUT2D eigenvalue weighted by Gasteiger charge is -2.37. The largest absolute Gasteiger partial charge is 0.463 e. The van der Waals surface area contributed by atoms with Gasteiger partial charge in [-0.3, -0.25) is 9.69 Å². The molecule has 3 amide bonds. The number of urea groups is 1. The number of carbonyl (C=O) groups is 3. The van der Waals surface area contributed by atoms with Crippen LogP contribution in [-0.4, -0.2) is 36.0 Å². The Labute approximate surface area is 193 Å². The Hall–Kier alpha value is -3.61. The van der Waals surface area contributed by atoms with E-state index in [0.29, 0.717) is 29.1 Å². The van der Waals surface area contributed by atoms with E-state index in [-0.39, 0.29) is 24.5 Å². The molecule has 0 aromatic heterocycles. The summed E-state index contributed by atoms with van der Waals surface area (Å²) < 4.78 is 5.44. The van der Waals surface area contributed by atoms with Crippen molar-refractivity contribution in [1.29, 1.82) is 0 Å². The Morgan fingerprint density at radius 3 is 2.52 bits per heavy atom. The van der Waals surface area contributed by atoms with Crippen molar-refractivity contribution in [2.45, 2.75) is 39.2 Å². The highest BCUT2D eigenvalue weighted by Gasteiger charge is 2.38. The number of hydrogen-bond acceptors (Lipinski definition) is 4. The minimum absolute atomic E-state index is 0.0000773. The highest BCUT2D eigenvalue weighted by Crippen LogP contribution is 2.37. The van der Waals surface area contributed by atoms with Crippen molar-refractivity contribution in [3.05, 3.63) is 71.3 Å². The van der Waals surface area contributed by atoms with E-state index in [1.807, 2.05) is 61.5 Å². The van der Waals surface area contributed by atoms with Gasteiger partial charge in [-0.05, 0) is 49.4 Å². The molecule has 1 unspecified atom stereocenters. The average molecular weight is 448 g/mol. The first-order valence-electron chi connectivity index (χ1n) is 11.5. The van der Waals surface area contributed by atoms with Gasteiger partial charge in [0.25, 0.3) is 0 Å². The Balaban J connectivity index is 1.82. The Kier molecular flexibility index (Phi) is 6.77. The van der Waals surface area contributed by atoms with Crippen LogP contribution < -0.4 is 10.6 Å². The van der Waals surface area contributed by atoms with Crippen molar-refractivity contribution in [2.75, 3.05) is 18.5 Å². The number of hydrogen-bond donors (Lipinski definition) is 2. The summed E-state index contributed by atoms with van der Waals surface area (Å²) >= 11 is 0. The molecule has 2 N–H and O–H groups in total. The fourth-order valence-corrected chi connectivity index (χ4v) is 4.06. The number of benzene rings is 2. The van der Waals surface area contributed by atoms with Gasteiger partial charge in [-0.15, -0.1) is 0 Å². The Morgan fingerprint density at radius 1 is 1.09 bits per heavy atom. The highest BCUT2D eigenvalue weighted by atomic mass is 16.5. The summed E-state index contributed by atoms with van der Waals surface area (Å²) in [6.45, 7) is 4.42. The third kappa shape index (κ3) is 4.92. The number of nitrogens with one attached hydrogen (secondary N) is 2. The van der Waals surface area contributed by atoms with Crippen LogP contribution in [-0.2, 0) is 14.3 Å². The molecule has 1 aliphatic heterocycles. The van der Waals surface area contributed by atoms with Gasteiger partial charge in [0.15, 0.2) is 0 Å². The van der Waals surface area contributed by atoms with E-state index in [1.54, 1.807) is 11.8 Å². The van der Waals surface area contributed by atoms with E-state index in [0.717, 1.165) is 24.8 Å². The van der Waals surface area contributed by atoms with E-state index in [2.05, 4.69) is 10.6 Å². The topological polar surface area (TPSA) is 87.7 Å². The lowest BCUT2D eigenvalue weighted by Crippen LogP contribution is -2.48. The maximum Gasteiger partial charge on any atom is 0.338 e. The Morgan fingerprint density at radius 2 is 1.85 bits per heavy atom. The second-order valence-electron chi connectivity index (χ2n) is 8.27. The summed E-state index contributed by atoms with van der Waals surface area (Å²) in [6.07, 6.45) is 2.55. The highest BCUT2D eigenvalue weighted by molar-refractivity contribution is 6.04. The summed E-state index contributed by atoms with van der Waals surface area (Å²) in [5, 5.41) is 5.93. The van der Waals surface area contributed by atoms with Crippen LogP contribution in [0.15, 0.2) is 60.2 Å². The van der Waals surface area contributed by atoms with Gasteiger partial charge in [-0.2, -0.15) is 0 Å². The minimum atomic E-state index is -0.711. The molecule has 1 fully saturated rings. The van der Waals surface area contributed by atoms with Gasteiger partial charge in [0.05, 0.1) is 23.9 Å². The van der Waals surface area contributed by atoms with Crippen LogP contribution in [0.5, 0.6) is 0 Å². The van der Waals surface area contributed by atoms with Crippen LogP contribution in [0.4, 0.5) is 10.5 Å². The molecular formula is C26H29N3O4. The first-order chi connectivity index (χ1) is 16.0. The maximum atomic E-state index is 13.3. The fourth-order valence-electron chi connectivity index (χ4n) is 4.06. The van der Waals surface area contributed by atoms with Gasteiger partial charge in [0, 0.05) is 18.2 Å². The van der Waals surface area contributed by atoms with Gasteiger partial charge < -0.3 is 15.4 Å². The molecule has 1 atom stereocenters. The third-order valence-corrected chi connectivity index (χ3v) is 5.75. The molecule has 0 radical (unpaired) electrons. The van der Waals surface area contributed by atoms with Gasteiger partial charge in [-0.25, -0.2) is 9.59 Å². The third-order valence-electron chi connectivity index (χ3n) is 5.75. The monoisotopic (exact) mass is 447 g/mol. The zero-order valence-corrected chi connectivity index (χ0v) is 19.0. The number of amides is 3. The average Bonchev–Trinajstić information content (AvgIpc) is 3.66.